The van der Waals surface area contributed by atoms with Crippen molar-refractivity contribution in [2.75, 3.05) is 6.61 Å². The molecule has 0 spiro atoms. The minimum absolute atomic E-state index is 0. The summed E-state index contributed by atoms with van der Waals surface area (Å²) in [5, 5.41) is 0. The molecule has 1 atom stereocenters. The molecule has 0 rings (SSSR count). The Hall–Kier alpha value is 1.03. The molecule has 2 N–H and O–H groups in total. The fourth-order valence-electron chi connectivity index (χ4n) is 1.01. The van der Waals surface area contributed by atoms with Crippen LogP contribution in [0.5, 0.6) is 0 Å². The van der Waals surface area contributed by atoms with E-state index in [2.05, 4.69) is 11.1 Å². The maximum absolute atomic E-state index is 9.91. The van der Waals surface area contributed by atoms with Gasteiger partial charge in [0.25, 0.3) is 0 Å². The van der Waals surface area contributed by atoms with Gasteiger partial charge in [-0.15, -0.1) is 0 Å². The molecule has 1 unspecified atom stereocenters. The first-order valence-electron chi connectivity index (χ1n) is 4.50. The molecule has 4 nitrogen and oxygen atoms in total. The van der Waals surface area contributed by atoms with Gasteiger partial charge in [0.1, 0.15) is 0 Å². The van der Waals surface area contributed by atoms with E-state index < -0.39 is 11.4 Å². The summed E-state index contributed by atoms with van der Waals surface area (Å²) in [5.41, 5.74) is 0. The molecule has 0 aromatic rings. The number of unbranched alkanes of at least 4 members (excludes halogenated alkanes) is 5. The van der Waals surface area contributed by atoms with Gasteiger partial charge in [0.05, 0.1) is 18.0 Å². The zero-order chi connectivity index (χ0) is 9.23. The summed E-state index contributed by atoms with van der Waals surface area (Å²) in [4.78, 5) is 0. The molecule has 0 saturated carbocycles. The predicted molar refractivity (Wildman–Crippen MR) is 53.0 cm³/mol. The van der Waals surface area contributed by atoms with Crippen LogP contribution in [0.4, 0.5) is 0 Å². The summed E-state index contributed by atoms with van der Waals surface area (Å²) < 4.78 is 24.2. The van der Waals surface area contributed by atoms with E-state index in [0.717, 1.165) is 12.8 Å². The quantitative estimate of drug-likeness (QED) is 0.290. The van der Waals surface area contributed by atoms with Crippen molar-refractivity contribution in [3.63, 3.8) is 0 Å². The molecular weight excluding hydrogens is 215 g/mol. The van der Waals surface area contributed by atoms with E-state index >= 15 is 0 Å². The van der Waals surface area contributed by atoms with Gasteiger partial charge < -0.3 is 15.6 Å². The van der Waals surface area contributed by atoms with Crippen LogP contribution in [0.1, 0.15) is 46.9 Å². The van der Waals surface area contributed by atoms with E-state index in [1.54, 1.807) is 0 Å². The third-order valence-electron chi connectivity index (χ3n) is 1.68. The van der Waals surface area contributed by atoms with Gasteiger partial charge in [-0.05, 0) is 6.42 Å². The minimum Gasteiger partial charge on any atom is -1.00 e. The summed E-state index contributed by atoms with van der Waals surface area (Å²) in [5.74, 6) is 0. The molecule has 0 saturated heterocycles. The topological polar surface area (TPSA) is 80.9 Å². The second-order valence-corrected chi connectivity index (χ2v) is 3.44. The van der Waals surface area contributed by atoms with Crippen molar-refractivity contribution in [2.24, 2.45) is 0 Å². The fraction of sp³-hybridized carbons (Fsp3) is 1.00. The summed E-state index contributed by atoms with van der Waals surface area (Å²) in [7, 11) is 0. The third kappa shape index (κ3) is 18.7. The second kappa shape index (κ2) is 16.5. The summed E-state index contributed by atoms with van der Waals surface area (Å²) in [6.07, 6.45) is 6.85. The van der Waals surface area contributed by atoms with Crippen molar-refractivity contribution in [1.29, 1.82) is 0 Å². The molecule has 14 heavy (non-hydrogen) atoms. The molecule has 0 aliphatic rings. The Morgan fingerprint density at radius 2 is 1.71 bits per heavy atom. The number of hydrogen-bond acceptors (Lipinski definition) is 3. The van der Waals surface area contributed by atoms with Gasteiger partial charge in [-0.25, -0.2) is 4.21 Å². The standard InChI is InChI=1S/C8H18O3S.Na.H2O.H/c1-2-3-4-5-6-7-8-11-12(9)10;;;/h2-8H2,1H3,(H,9,10);;1H2;/q;+1;;-1/p-1. The van der Waals surface area contributed by atoms with Crippen molar-refractivity contribution in [2.45, 2.75) is 45.4 Å². The van der Waals surface area contributed by atoms with Gasteiger partial charge >= 0.3 is 29.6 Å². The van der Waals surface area contributed by atoms with Crippen LogP contribution >= 0.6 is 0 Å². The Morgan fingerprint density at radius 1 is 1.21 bits per heavy atom. The van der Waals surface area contributed by atoms with Crippen LogP contribution in [0, 0.1) is 0 Å². The molecule has 0 aromatic carbocycles. The summed E-state index contributed by atoms with van der Waals surface area (Å²) in [6.45, 7) is 2.51. The van der Waals surface area contributed by atoms with Crippen LogP contribution in [0.25, 0.3) is 0 Å². The van der Waals surface area contributed by atoms with Gasteiger partial charge in [-0.2, -0.15) is 0 Å². The largest absolute Gasteiger partial charge is 1.00 e. The van der Waals surface area contributed by atoms with E-state index in [9.17, 15) is 8.76 Å². The van der Waals surface area contributed by atoms with E-state index in [4.69, 9.17) is 0 Å². The summed E-state index contributed by atoms with van der Waals surface area (Å²) in [6, 6.07) is 0. The molecule has 0 aliphatic carbocycles. The van der Waals surface area contributed by atoms with Crippen molar-refractivity contribution in [3.8, 4) is 0 Å². The van der Waals surface area contributed by atoms with Gasteiger partial charge in [-0.1, -0.05) is 39.0 Å². The van der Waals surface area contributed by atoms with E-state index in [-0.39, 0.29) is 36.5 Å². The van der Waals surface area contributed by atoms with E-state index in [0.29, 0.717) is 6.61 Å². The molecule has 0 aliphatic heterocycles. The Bertz CT molecular complexity index is 129. The number of hydrogen-bond donors (Lipinski definition) is 0. The van der Waals surface area contributed by atoms with Crippen LogP contribution in [-0.4, -0.2) is 20.8 Å². The van der Waals surface area contributed by atoms with Crippen molar-refractivity contribution < 1.29 is 49.4 Å². The fourth-order valence-corrected chi connectivity index (χ4v) is 1.26. The monoisotopic (exact) mass is 235 g/mol. The predicted octanol–water partition coefficient (Wildman–Crippen LogP) is -1.55. The smallest absolute Gasteiger partial charge is 1.00 e. The molecule has 0 fully saturated rings. The first-order valence-corrected chi connectivity index (χ1v) is 5.50. The molecule has 0 radical (unpaired) electrons. The van der Waals surface area contributed by atoms with Crippen molar-refractivity contribution >= 4 is 11.4 Å². The SMILES string of the molecule is CCCCCCCCOS(=O)[O-].O.[H-].[Na+]. The average molecular weight is 235 g/mol. The molecule has 6 heteroatoms. The van der Waals surface area contributed by atoms with Gasteiger partial charge in [0.2, 0.25) is 0 Å². The van der Waals surface area contributed by atoms with Gasteiger partial charge in [0.15, 0.2) is 0 Å². The molecule has 0 bridgehead atoms. The Balaban J connectivity index is -0.000000202. The van der Waals surface area contributed by atoms with Crippen LogP contribution < -0.4 is 29.6 Å². The first-order chi connectivity index (χ1) is 5.77. The summed E-state index contributed by atoms with van der Waals surface area (Å²) >= 11 is -2.32. The Kier molecular flexibility index (Phi) is 24.0. The normalized spacial score (nSPS) is 11.3. The van der Waals surface area contributed by atoms with Crippen LogP contribution in [0.2, 0.25) is 0 Å². The molecule has 0 heterocycles. The first kappa shape index (κ1) is 20.4. The van der Waals surface area contributed by atoms with Crippen LogP contribution in [0.3, 0.4) is 0 Å². The third-order valence-corrected chi connectivity index (χ3v) is 2.04. The molecular formula is C8H20NaO4S-. The molecule has 0 amide bonds. The van der Waals surface area contributed by atoms with Crippen LogP contribution in [-0.2, 0) is 15.5 Å². The second-order valence-electron chi connectivity index (χ2n) is 2.79. The van der Waals surface area contributed by atoms with Gasteiger partial charge in [0, 0.05) is 0 Å². The van der Waals surface area contributed by atoms with Crippen LogP contribution in [0.15, 0.2) is 0 Å². The van der Waals surface area contributed by atoms with E-state index in [1.807, 2.05) is 0 Å². The maximum atomic E-state index is 9.91. The molecule has 84 valence electrons. The van der Waals surface area contributed by atoms with Crippen molar-refractivity contribution in [1.82, 2.24) is 0 Å². The maximum Gasteiger partial charge on any atom is 1.00 e. The zero-order valence-corrected chi connectivity index (χ0v) is 11.9. The Labute approximate surface area is 112 Å². The molecule has 0 aromatic heterocycles. The average Bonchev–Trinajstić information content (AvgIpc) is 2.02. The minimum atomic E-state index is -2.32. The zero-order valence-electron chi connectivity index (χ0n) is 10.1. The van der Waals surface area contributed by atoms with Crippen molar-refractivity contribution in [3.05, 3.63) is 0 Å². The Morgan fingerprint density at radius 3 is 2.21 bits per heavy atom. The number of rotatable bonds is 8. The van der Waals surface area contributed by atoms with Gasteiger partial charge in [-0.3, -0.25) is 0 Å². The van der Waals surface area contributed by atoms with E-state index in [1.165, 1.54) is 25.7 Å².